The minimum Gasteiger partial charge on any atom is -0.493 e. The molecule has 0 amide bonds. The Kier molecular flexibility index (Phi) is 6.57. The zero-order chi connectivity index (χ0) is 16.5. The third-order valence-corrected chi connectivity index (χ3v) is 2.39. The van der Waals surface area contributed by atoms with Gasteiger partial charge in [0.2, 0.25) is 0 Å². The number of carbonyl (C=O) groups excluding carboxylic acids is 1. The Morgan fingerprint density at radius 3 is 2.73 bits per heavy atom. The maximum absolute atomic E-state index is 12.2. The maximum atomic E-state index is 12.2. The molecule has 0 aliphatic heterocycles. The van der Waals surface area contributed by atoms with Gasteiger partial charge < -0.3 is 14.2 Å². The highest BCUT2D eigenvalue weighted by molar-refractivity contribution is 5.98. The normalized spacial score (nSPS) is 10.8. The summed E-state index contributed by atoms with van der Waals surface area (Å²) in [6.07, 6.45) is 2.62. The molecule has 0 aliphatic rings. The van der Waals surface area contributed by atoms with Crippen LogP contribution in [0.3, 0.4) is 0 Å². The van der Waals surface area contributed by atoms with Crippen molar-refractivity contribution in [1.29, 1.82) is 5.26 Å². The summed E-state index contributed by atoms with van der Waals surface area (Å²) in [6, 6.07) is 5.71. The van der Waals surface area contributed by atoms with Gasteiger partial charge in [0, 0.05) is 0 Å². The number of alkyl halides is 2. The van der Waals surface area contributed by atoms with Crippen LogP contribution in [0, 0.1) is 11.3 Å². The van der Waals surface area contributed by atoms with E-state index in [4.69, 9.17) is 14.7 Å². The number of methoxy groups -OCH3 is 1. The fourth-order valence-corrected chi connectivity index (χ4v) is 1.48. The minimum absolute atomic E-state index is 0.0255. The number of hydrogen-bond donors (Lipinski definition) is 0. The highest BCUT2D eigenvalue weighted by Crippen LogP contribution is 2.30. The van der Waals surface area contributed by atoms with Crippen molar-refractivity contribution in [2.24, 2.45) is 0 Å². The first-order valence-electron chi connectivity index (χ1n) is 6.04. The predicted molar refractivity (Wildman–Crippen MR) is 74.4 cm³/mol. The summed E-state index contributed by atoms with van der Waals surface area (Å²) in [5, 5.41) is 8.96. The first-order valence-corrected chi connectivity index (χ1v) is 6.04. The Balaban J connectivity index is 3.05. The summed E-state index contributed by atoms with van der Waals surface area (Å²) in [5.41, 5.74) is 0.150. The molecule has 1 aromatic rings. The zero-order valence-corrected chi connectivity index (χ0v) is 11.7. The average Bonchev–Trinajstić information content (AvgIpc) is 2.50. The SMILES string of the molecule is C=CCOC(=O)/C(C#N)=C/c1ccc(OC(F)F)c(OC)c1. The summed E-state index contributed by atoms with van der Waals surface area (Å²) < 4.78 is 38.4. The molecule has 116 valence electrons. The van der Waals surface area contributed by atoms with Gasteiger partial charge in [-0.3, -0.25) is 0 Å². The van der Waals surface area contributed by atoms with Gasteiger partial charge in [0.15, 0.2) is 11.5 Å². The molecule has 5 nitrogen and oxygen atoms in total. The number of nitriles is 1. The molecule has 0 spiro atoms. The Morgan fingerprint density at radius 2 is 2.18 bits per heavy atom. The average molecular weight is 309 g/mol. The molecule has 0 bridgehead atoms. The number of benzene rings is 1. The Hall–Kier alpha value is -2.88. The lowest BCUT2D eigenvalue weighted by Gasteiger charge is -2.10. The van der Waals surface area contributed by atoms with Gasteiger partial charge in [-0.2, -0.15) is 14.0 Å². The third kappa shape index (κ3) is 4.90. The van der Waals surface area contributed by atoms with Gasteiger partial charge in [0.1, 0.15) is 18.2 Å². The van der Waals surface area contributed by atoms with E-state index in [0.717, 1.165) is 0 Å². The molecule has 0 heterocycles. The van der Waals surface area contributed by atoms with Crippen LogP contribution in [-0.4, -0.2) is 26.3 Å². The second-order valence-corrected chi connectivity index (χ2v) is 3.85. The van der Waals surface area contributed by atoms with Crippen LogP contribution >= 0.6 is 0 Å². The number of rotatable bonds is 7. The lowest BCUT2D eigenvalue weighted by molar-refractivity contribution is -0.137. The quantitative estimate of drug-likeness (QED) is 0.335. The molecular formula is C15H13F2NO4. The molecule has 1 rings (SSSR count). The molecule has 22 heavy (non-hydrogen) atoms. The summed E-state index contributed by atoms with van der Waals surface area (Å²) in [5.74, 6) is -0.914. The van der Waals surface area contributed by atoms with E-state index in [1.807, 2.05) is 0 Å². The number of hydrogen-bond acceptors (Lipinski definition) is 5. The maximum Gasteiger partial charge on any atom is 0.387 e. The van der Waals surface area contributed by atoms with E-state index < -0.39 is 12.6 Å². The molecule has 0 aliphatic carbocycles. The lowest BCUT2D eigenvalue weighted by atomic mass is 10.1. The van der Waals surface area contributed by atoms with Gasteiger partial charge in [0.25, 0.3) is 0 Å². The van der Waals surface area contributed by atoms with E-state index in [9.17, 15) is 13.6 Å². The number of carbonyl (C=O) groups is 1. The second-order valence-electron chi connectivity index (χ2n) is 3.85. The van der Waals surface area contributed by atoms with Crippen LogP contribution in [0.4, 0.5) is 8.78 Å². The largest absolute Gasteiger partial charge is 0.493 e. The van der Waals surface area contributed by atoms with Crippen molar-refractivity contribution in [3.63, 3.8) is 0 Å². The molecule has 0 atom stereocenters. The van der Waals surface area contributed by atoms with Crippen LogP contribution < -0.4 is 9.47 Å². The van der Waals surface area contributed by atoms with Gasteiger partial charge >= 0.3 is 12.6 Å². The number of esters is 1. The van der Waals surface area contributed by atoms with Crippen LogP contribution in [-0.2, 0) is 9.53 Å². The Labute approximate surface area is 126 Å². The van der Waals surface area contributed by atoms with Crippen molar-refractivity contribution in [3.05, 3.63) is 42.0 Å². The highest BCUT2D eigenvalue weighted by atomic mass is 19.3. The van der Waals surface area contributed by atoms with E-state index in [2.05, 4.69) is 11.3 Å². The first kappa shape index (κ1) is 17.2. The van der Waals surface area contributed by atoms with E-state index in [1.54, 1.807) is 6.07 Å². The fraction of sp³-hybridized carbons (Fsp3) is 0.200. The van der Waals surface area contributed by atoms with Gasteiger partial charge in [-0.25, -0.2) is 4.79 Å². The minimum atomic E-state index is -2.99. The van der Waals surface area contributed by atoms with Crippen molar-refractivity contribution < 1.29 is 27.8 Å². The number of ether oxygens (including phenoxy) is 3. The molecule has 0 N–H and O–H groups in total. The van der Waals surface area contributed by atoms with E-state index >= 15 is 0 Å². The molecule has 0 aromatic heterocycles. The smallest absolute Gasteiger partial charge is 0.387 e. The number of nitrogens with zero attached hydrogens (tertiary/aromatic N) is 1. The Bertz CT molecular complexity index is 620. The van der Waals surface area contributed by atoms with Crippen molar-refractivity contribution in [1.82, 2.24) is 0 Å². The van der Waals surface area contributed by atoms with Crippen molar-refractivity contribution in [3.8, 4) is 17.6 Å². The third-order valence-electron chi connectivity index (χ3n) is 2.39. The molecule has 0 radical (unpaired) electrons. The second kappa shape index (κ2) is 8.42. The molecule has 0 fully saturated rings. The zero-order valence-electron chi connectivity index (χ0n) is 11.7. The molecule has 7 heteroatoms. The summed E-state index contributed by atoms with van der Waals surface area (Å²) in [4.78, 5) is 11.6. The van der Waals surface area contributed by atoms with E-state index in [1.165, 1.54) is 37.5 Å². The first-order chi connectivity index (χ1) is 10.5. The van der Waals surface area contributed by atoms with Crippen LogP contribution in [0.1, 0.15) is 5.56 Å². The van der Waals surface area contributed by atoms with Crippen LogP contribution in [0.2, 0.25) is 0 Å². The summed E-state index contributed by atoms with van der Waals surface area (Å²) >= 11 is 0. The topological polar surface area (TPSA) is 68.6 Å². The fourth-order valence-electron chi connectivity index (χ4n) is 1.48. The van der Waals surface area contributed by atoms with E-state index in [0.29, 0.717) is 5.56 Å². The summed E-state index contributed by atoms with van der Waals surface area (Å²) in [6.45, 7) is 0.374. The molecular weight excluding hydrogens is 296 g/mol. The number of halogens is 2. The van der Waals surface area contributed by atoms with E-state index in [-0.39, 0.29) is 23.7 Å². The van der Waals surface area contributed by atoms with Crippen LogP contribution in [0.5, 0.6) is 11.5 Å². The van der Waals surface area contributed by atoms with Gasteiger partial charge in [0.05, 0.1) is 7.11 Å². The Morgan fingerprint density at radius 1 is 1.45 bits per heavy atom. The predicted octanol–water partition coefficient (Wildman–Crippen LogP) is 2.93. The van der Waals surface area contributed by atoms with Crippen LogP contribution in [0.15, 0.2) is 36.4 Å². The van der Waals surface area contributed by atoms with Crippen molar-refractivity contribution in [2.75, 3.05) is 13.7 Å². The monoisotopic (exact) mass is 309 g/mol. The van der Waals surface area contributed by atoms with Crippen molar-refractivity contribution in [2.45, 2.75) is 6.61 Å². The molecule has 0 unspecified atom stereocenters. The standard InChI is InChI=1S/C15H13F2NO4/c1-3-6-21-14(19)11(9-18)7-10-4-5-12(22-15(16)17)13(8-10)20-2/h3-5,7-8,15H,1,6H2,2H3/b11-7+. The van der Waals surface area contributed by atoms with Gasteiger partial charge in [-0.05, 0) is 23.8 Å². The van der Waals surface area contributed by atoms with Crippen LogP contribution in [0.25, 0.3) is 6.08 Å². The summed E-state index contributed by atoms with van der Waals surface area (Å²) in [7, 11) is 1.28. The lowest BCUT2D eigenvalue weighted by Crippen LogP contribution is -2.06. The molecule has 1 aromatic carbocycles. The highest BCUT2D eigenvalue weighted by Gasteiger charge is 2.13. The van der Waals surface area contributed by atoms with Crippen molar-refractivity contribution >= 4 is 12.0 Å². The molecule has 0 saturated heterocycles. The molecule has 0 saturated carbocycles. The van der Waals surface area contributed by atoms with Gasteiger partial charge in [-0.1, -0.05) is 18.7 Å². The van der Waals surface area contributed by atoms with Gasteiger partial charge in [-0.15, -0.1) is 0 Å².